The molecule has 27 heavy (non-hydrogen) atoms. The highest BCUT2D eigenvalue weighted by Crippen LogP contribution is 2.31. The monoisotopic (exact) mass is 361 g/mol. The lowest BCUT2D eigenvalue weighted by Crippen LogP contribution is -2.40. The van der Waals surface area contributed by atoms with Crippen molar-refractivity contribution in [2.45, 2.75) is 26.3 Å². The summed E-state index contributed by atoms with van der Waals surface area (Å²) in [6, 6.07) is 20.6. The number of anilines is 2. The van der Waals surface area contributed by atoms with Crippen LogP contribution in [0.15, 0.2) is 72.9 Å². The summed E-state index contributed by atoms with van der Waals surface area (Å²) in [6.45, 7) is 5.84. The minimum absolute atomic E-state index is 0.137. The Bertz CT molecular complexity index is 918. The van der Waals surface area contributed by atoms with Crippen LogP contribution in [-0.2, 0) is 0 Å². The molecule has 0 aliphatic heterocycles. The van der Waals surface area contributed by atoms with Gasteiger partial charge in [-0.05, 0) is 57.2 Å². The first-order valence-electron chi connectivity index (χ1n) is 8.78. The van der Waals surface area contributed by atoms with E-state index in [2.05, 4.69) is 15.6 Å². The topological polar surface area (TPSA) is 63.2 Å². The van der Waals surface area contributed by atoms with Crippen molar-refractivity contribution in [3.63, 3.8) is 0 Å². The Kier molecular flexibility index (Phi) is 5.41. The van der Waals surface area contributed by atoms with Crippen LogP contribution >= 0.6 is 0 Å². The summed E-state index contributed by atoms with van der Waals surface area (Å²) in [7, 11) is 0. The number of nitrogens with zero attached hydrogens (tertiary/aromatic N) is 1. The van der Waals surface area contributed by atoms with Gasteiger partial charge in [0.1, 0.15) is 11.6 Å². The van der Waals surface area contributed by atoms with Gasteiger partial charge in [-0.15, -0.1) is 0 Å². The van der Waals surface area contributed by atoms with E-state index in [0.717, 1.165) is 11.4 Å². The predicted octanol–water partition coefficient (Wildman–Crippen LogP) is 5.15. The van der Waals surface area contributed by atoms with Crippen LogP contribution in [0.5, 0.6) is 11.5 Å². The number of benzene rings is 2. The van der Waals surface area contributed by atoms with Crippen LogP contribution < -0.4 is 15.4 Å². The van der Waals surface area contributed by atoms with Gasteiger partial charge in [-0.1, -0.05) is 30.3 Å². The zero-order valence-electron chi connectivity index (χ0n) is 15.7. The van der Waals surface area contributed by atoms with E-state index in [9.17, 15) is 4.79 Å². The highest BCUT2D eigenvalue weighted by molar-refractivity contribution is 5.95. The normalized spacial score (nSPS) is 10.9. The van der Waals surface area contributed by atoms with E-state index < -0.39 is 0 Å². The lowest BCUT2D eigenvalue weighted by Gasteiger charge is -2.20. The van der Waals surface area contributed by atoms with Crippen LogP contribution in [0.2, 0.25) is 0 Å². The number of para-hydroxylation sites is 3. The zero-order valence-corrected chi connectivity index (χ0v) is 15.7. The molecule has 0 bridgehead atoms. The van der Waals surface area contributed by atoms with E-state index in [1.807, 2.05) is 75.4 Å². The van der Waals surface area contributed by atoms with Crippen LogP contribution in [0.4, 0.5) is 11.5 Å². The number of hydrogen-bond donors (Lipinski definition) is 2. The number of carbonyl (C=O) groups is 1. The minimum Gasteiger partial charge on any atom is -0.455 e. The van der Waals surface area contributed by atoms with Crippen molar-refractivity contribution in [3.8, 4) is 11.5 Å². The number of carbonyl (C=O) groups excluding carboxylic acids is 1. The molecule has 0 atom stereocenters. The standard InChI is InChI=1S/C22H23N3O2/c1-22(2,3)25-21(26)16-13-14-23-20(15-16)24-18-11-7-8-12-19(18)27-17-9-5-4-6-10-17/h4-15H,1-3H3,(H,23,24)(H,25,26). The van der Waals surface area contributed by atoms with Gasteiger partial charge in [-0.3, -0.25) is 4.79 Å². The lowest BCUT2D eigenvalue weighted by atomic mass is 10.1. The van der Waals surface area contributed by atoms with Crippen molar-refractivity contribution < 1.29 is 9.53 Å². The van der Waals surface area contributed by atoms with Crippen LogP contribution in [0, 0.1) is 0 Å². The fourth-order valence-electron chi connectivity index (χ4n) is 2.47. The molecule has 1 amide bonds. The summed E-state index contributed by atoms with van der Waals surface area (Å²) < 4.78 is 5.96. The molecule has 3 rings (SSSR count). The number of pyridine rings is 1. The van der Waals surface area contributed by atoms with Gasteiger partial charge in [0.2, 0.25) is 0 Å². The molecule has 0 aliphatic rings. The Balaban J connectivity index is 1.80. The average molecular weight is 361 g/mol. The van der Waals surface area contributed by atoms with Crippen LogP contribution in [0.3, 0.4) is 0 Å². The van der Waals surface area contributed by atoms with Gasteiger partial charge < -0.3 is 15.4 Å². The Morgan fingerprint density at radius 1 is 0.963 bits per heavy atom. The molecule has 138 valence electrons. The summed E-state index contributed by atoms with van der Waals surface area (Å²) in [4.78, 5) is 16.7. The van der Waals surface area contributed by atoms with Gasteiger partial charge in [-0.2, -0.15) is 0 Å². The first kappa shape index (κ1) is 18.5. The van der Waals surface area contributed by atoms with Crippen LogP contribution in [0.1, 0.15) is 31.1 Å². The molecule has 5 nitrogen and oxygen atoms in total. The number of hydrogen-bond acceptors (Lipinski definition) is 4. The second kappa shape index (κ2) is 7.91. The van der Waals surface area contributed by atoms with Crippen molar-refractivity contribution in [2.75, 3.05) is 5.32 Å². The van der Waals surface area contributed by atoms with Gasteiger partial charge in [0.15, 0.2) is 5.75 Å². The van der Waals surface area contributed by atoms with Crippen LogP contribution in [-0.4, -0.2) is 16.4 Å². The second-order valence-electron chi connectivity index (χ2n) is 7.17. The van der Waals surface area contributed by atoms with Gasteiger partial charge in [0.05, 0.1) is 5.69 Å². The van der Waals surface area contributed by atoms with E-state index in [4.69, 9.17) is 4.74 Å². The third-order valence-electron chi connectivity index (χ3n) is 3.63. The summed E-state index contributed by atoms with van der Waals surface area (Å²) in [5.41, 5.74) is 1.01. The van der Waals surface area contributed by atoms with Gasteiger partial charge in [-0.25, -0.2) is 4.98 Å². The fourth-order valence-corrected chi connectivity index (χ4v) is 2.47. The SMILES string of the molecule is CC(C)(C)NC(=O)c1ccnc(Nc2ccccc2Oc2ccccc2)c1. The minimum atomic E-state index is -0.302. The number of rotatable bonds is 5. The molecule has 0 spiro atoms. The summed E-state index contributed by atoms with van der Waals surface area (Å²) in [5.74, 6) is 1.86. The van der Waals surface area contributed by atoms with Gasteiger partial charge >= 0.3 is 0 Å². The predicted molar refractivity (Wildman–Crippen MR) is 108 cm³/mol. The Hall–Kier alpha value is -3.34. The molecule has 0 radical (unpaired) electrons. The van der Waals surface area contributed by atoms with E-state index in [-0.39, 0.29) is 11.4 Å². The number of nitrogens with one attached hydrogen (secondary N) is 2. The molecule has 1 heterocycles. The van der Waals surface area contributed by atoms with E-state index >= 15 is 0 Å². The summed E-state index contributed by atoms with van der Waals surface area (Å²) in [6.07, 6.45) is 1.61. The Morgan fingerprint density at radius 2 is 1.67 bits per heavy atom. The molecule has 2 aromatic carbocycles. The Morgan fingerprint density at radius 3 is 2.41 bits per heavy atom. The van der Waals surface area contributed by atoms with Crippen molar-refractivity contribution in [1.82, 2.24) is 10.3 Å². The second-order valence-corrected chi connectivity index (χ2v) is 7.17. The van der Waals surface area contributed by atoms with E-state index in [1.54, 1.807) is 18.3 Å². The van der Waals surface area contributed by atoms with E-state index in [0.29, 0.717) is 17.1 Å². The number of aromatic nitrogens is 1. The van der Waals surface area contributed by atoms with Crippen molar-refractivity contribution in [3.05, 3.63) is 78.5 Å². The quantitative estimate of drug-likeness (QED) is 0.660. The highest BCUT2D eigenvalue weighted by Gasteiger charge is 2.16. The molecule has 0 saturated heterocycles. The largest absolute Gasteiger partial charge is 0.455 e. The number of amides is 1. The first-order chi connectivity index (χ1) is 12.9. The van der Waals surface area contributed by atoms with Gasteiger partial charge in [0, 0.05) is 17.3 Å². The molecule has 0 unspecified atom stereocenters. The maximum Gasteiger partial charge on any atom is 0.251 e. The van der Waals surface area contributed by atoms with Crippen LogP contribution in [0.25, 0.3) is 0 Å². The Labute approximate surface area is 159 Å². The first-order valence-corrected chi connectivity index (χ1v) is 8.78. The summed E-state index contributed by atoms with van der Waals surface area (Å²) in [5, 5.41) is 6.19. The maximum atomic E-state index is 12.4. The molecule has 0 saturated carbocycles. The van der Waals surface area contributed by atoms with Crippen molar-refractivity contribution in [2.24, 2.45) is 0 Å². The molecular weight excluding hydrogens is 338 g/mol. The molecule has 3 aromatic rings. The molecule has 0 fully saturated rings. The van der Waals surface area contributed by atoms with Crippen molar-refractivity contribution in [1.29, 1.82) is 0 Å². The smallest absolute Gasteiger partial charge is 0.251 e. The zero-order chi connectivity index (χ0) is 19.3. The van der Waals surface area contributed by atoms with Gasteiger partial charge in [0.25, 0.3) is 5.91 Å². The lowest BCUT2D eigenvalue weighted by molar-refractivity contribution is 0.0919. The third-order valence-corrected chi connectivity index (χ3v) is 3.63. The maximum absolute atomic E-state index is 12.4. The average Bonchev–Trinajstić information content (AvgIpc) is 2.63. The number of ether oxygens (including phenoxy) is 1. The molecule has 0 aliphatic carbocycles. The third kappa shape index (κ3) is 5.31. The molecule has 5 heteroatoms. The fraction of sp³-hybridized carbons (Fsp3) is 0.182. The van der Waals surface area contributed by atoms with Crippen molar-refractivity contribution >= 4 is 17.4 Å². The molecular formula is C22H23N3O2. The molecule has 2 N–H and O–H groups in total. The molecule has 1 aromatic heterocycles. The van der Waals surface area contributed by atoms with E-state index in [1.165, 1.54) is 0 Å². The highest BCUT2D eigenvalue weighted by atomic mass is 16.5. The summed E-state index contributed by atoms with van der Waals surface area (Å²) >= 11 is 0.